The first-order valence-corrected chi connectivity index (χ1v) is 9.02. The summed E-state index contributed by atoms with van der Waals surface area (Å²) >= 11 is 0. The minimum Gasteiger partial charge on any atom is -0.454 e. The van der Waals surface area contributed by atoms with E-state index in [1.807, 2.05) is 36.4 Å². The lowest BCUT2D eigenvalue weighted by atomic mass is 9.84. The molecule has 0 saturated carbocycles. The van der Waals surface area contributed by atoms with Crippen LogP contribution in [0.15, 0.2) is 36.4 Å². The summed E-state index contributed by atoms with van der Waals surface area (Å²) in [6.07, 6.45) is -1.40. The van der Waals surface area contributed by atoms with Crippen molar-refractivity contribution in [2.24, 2.45) is 11.8 Å². The van der Waals surface area contributed by atoms with Gasteiger partial charge in [-0.3, -0.25) is 0 Å². The Labute approximate surface area is 155 Å². The van der Waals surface area contributed by atoms with Gasteiger partial charge < -0.3 is 33.5 Å². The maximum absolute atomic E-state index is 10.6. The van der Waals surface area contributed by atoms with Crippen molar-refractivity contribution in [2.75, 3.05) is 20.2 Å². The highest BCUT2D eigenvalue weighted by Crippen LogP contribution is 2.54. The van der Waals surface area contributed by atoms with Gasteiger partial charge in [-0.1, -0.05) is 12.1 Å². The first kappa shape index (κ1) is 15.6. The van der Waals surface area contributed by atoms with Crippen LogP contribution in [0.3, 0.4) is 0 Å². The van der Waals surface area contributed by atoms with Gasteiger partial charge in [-0.2, -0.15) is 0 Å². The summed E-state index contributed by atoms with van der Waals surface area (Å²) in [5.74, 6) is 2.78. The van der Waals surface area contributed by atoms with Crippen LogP contribution in [-0.2, 0) is 9.47 Å². The van der Waals surface area contributed by atoms with Crippen molar-refractivity contribution in [3.8, 4) is 23.0 Å². The molecule has 6 rings (SSSR count). The van der Waals surface area contributed by atoms with Crippen molar-refractivity contribution >= 4 is 0 Å². The number of benzene rings is 2. The van der Waals surface area contributed by atoms with Crippen LogP contribution in [0.2, 0.25) is 0 Å². The van der Waals surface area contributed by atoms with E-state index in [2.05, 4.69) is 0 Å². The molecule has 0 aromatic heterocycles. The van der Waals surface area contributed by atoms with Crippen LogP contribution in [0.1, 0.15) is 23.3 Å². The molecule has 0 unspecified atom stereocenters. The van der Waals surface area contributed by atoms with Gasteiger partial charge in [-0.05, 0) is 35.4 Å². The standard InChI is InChI=1S/C20H18O7/c21-20-17-12(18(27-20)10-1-3-13-15(5-10)25-8-23-13)7-22-19(17)11-2-4-14-16(6-11)26-9-24-14/h1-6,12,17-21H,7-9H2/t12-,17-,18+,19-,20+/m0/s1. The molecule has 1 N–H and O–H groups in total. The molecule has 2 aromatic rings. The molecule has 0 aliphatic carbocycles. The summed E-state index contributed by atoms with van der Waals surface area (Å²) in [4.78, 5) is 0. The minimum atomic E-state index is -0.900. The van der Waals surface area contributed by atoms with Gasteiger partial charge in [-0.25, -0.2) is 0 Å². The summed E-state index contributed by atoms with van der Waals surface area (Å²) in [7, 11) is 0. The van der Waals surface area contributed by atoms with Crippen molar-refractivity contribution in [1.29, 1.82) is 0 Å². The number of hydrogen-bond donors (Lipinski definition) is 1. The Bertz CT molecular complexity index is 842. The molecule has 4 heterocycles. The highest BCUT2D eigenvalue weighted by molar-refractivity contribution is 5.47. The molecule has 2 fully saturated rings. The molecule has 5 atom stereocenters. The number of aliphatic hydroxyl groups is 1. The highest BCUT2D eigenvalue weighted by Gasteiger charge is 2.53. The van der Waals surface area contributed by atoms with Crippen LogP contribution < -0.4 is 18.9 Å². The van der Waals surface area contributed by atoms with Crippen LogP contribution in [0, 0.1) is 11.8 Å². The van der Waals surface area contributed by atoms with Gasteiger partial charge in [0.25, 0.3) is 0 Å². The molecule has 2 saturated heterocycles. The van der Waals surface area contributed by atoms with Gasteiger partial charge in [0.15, 0.2) is 29.3 Å². The lowest BCUT2D eigenvalue weighted by Gasteiger charge is -2.20. The number of aliphatic hydroxyl groups excluding tert-OH is 1. The SMILES string of the molecule is O[C@@H]1O[C@H](c2ccc3c(c2)OCO3)[C@H]2CO[C@@H](c3ccc4c(c3)OCO4)[C@H]21. The number of hydrogen-bond acceptors (Lipinski definition) is 7. The van der Waals surface area contributed by atoms with Gasteiger partial charge in [0, 0.05) is 11.8 Å². The first-order valence-electron chi connectivity index (χ1n) is 9.02. The lowest BCUT2D eigenvalue weighted by Crippen LogP contribution is -2.22. The van der Waals surface area contributed by atoms with Gasteiger partial charge in [-0.15, -0.1) is 0 Å². The van der Waals surface area contributed by atoms with Crippen molar-refractivity contribution in [3.05, 3.63) is 47.5 Å². The third-order valence-corrected chi connectivity index (χ3v) is 5.77. The molecular formula is C20H18O7. The summed E-state index contributed by atoms with van der Waals surface area (Å²) in [6, 6.07) is 11.5. The summed E-state index contributed by atoms with van der Waals surface area (Å²) in [5, 5.41) is 10.6. The maximum Gasteiger partial charge on any atom is 0.231 e. The van der Waals surface area contributed by atoms with Gasteiger partial charge in [0.2, 0.25) is 13.6 Å². The van der Waals surface area contributed by atoms with Crippen LogP contribution in [0.25, 0.3) is 0 Å². The summed E-state index contributed by atoms with van der Waals surface area (Å²) < 4.78 is 33.7. The molecule has 27 heavy (non-hydrogen) atoms. The van der Waals surface area contributed by atoms with E-state index < -0.39 is 6.29 Å². The maximum atomic E-state index is 10.6. The third-order valence-electron chi connectivity index (χ3n) is 5.77. The van der Waals surface area contributed by atoms with Gasteiger partial charge in [0.05, 0.1) is 18.8 Å². The zero-order valence-corrected chi connectivity index (χ0v) is 14.4. The predicted molar refractivity (Wildman–Crippen MR) is 90.6 cm³/mol. The molecule has 0 bridgehead atoms. The van der Waals surface area contributed by atoms with E-state index in [0.29, 0.717) is 18.1 Å². The summed E-state index contributed by atoms with van der Waals surface area (Å²) in [6.45, 7) is 0.975. The predicted octanol–water partition coefficient (Wildman–Crippen LogP) is 2.54. The van der Waals surface area contributed by atoms with Gasteiger partial charge in [0.1, 0.15) is 0 Å². The molecule has 140 valence electrons. The Morgan fingerprint density at radius 2 is 1.33 bits per heavy atom. The molecule has 0 radical (unpaired) electrons. The second-order valence-corrected chi connectivity index (χ2v) is 7.17. The summed E-state index contributed by atoms with van der Waals surface area (Å²) in [5.41, 5.74) is 1.92. The van der Waals surface area contributed by atoms with E-state index in [0.717, 1.165) is 22.6 Å². The molecule has 2 aromatic carbocycles. The van der Waals surface area contributed by atoms with E-state index in [9.17, 15) is 5.11 Å². The lowest BCUT2D eigenvalue weighted by molar-refractivity contribution is -0.134. The number of fused-ring (bicyclic) bond motifs is 3. The fourth-order valence-electron chi connectivity index (χ4n) is 4.48. The highest BCUT2D eigenvalue weighted by atomic mass is 16.7. The monoisotopic (exact) mass is 370 g/mol. The Balaban J connectivity index is 1.30. The van der Waals surface area contributed by atoms with E-state index >= 15 is 0 Å². The second kappa shape index (κ2) is 5.76. The Kier molecular flexibility index (Phi) is 3.32. The Morgan fingerprint density at radius 1 is 0.741 bits per heavy atom. The molecular weight excluding hydrogens is 352 g/mol. The van der Waals surface area contributed by atoms with Crippen LogP contribution >= 0.6 is 0 Å². The Morgan fingerprint density at radius 3 is 2.00 bits per heavy atom. The van der Waals surface area contributed by atoms with Crippen molar-refractivity contribution in [2.45, 2.75) is 18.5 Å². The quantitative estimate of drug-likeness (QED) is 0.871. The molecule has 0 spiro atoms. The van der Waals surface area contributed by atoms with Crippen LogP contribution in [-0.4, -0.2) is 31.6 Å². The van der Waals surface area contributed by atoms with E-state index in [1.165, 1.54) is 0 Å². The van der Waals surface area contributed by atoms with Crippen LogP contribution in [0.4, 0.5) is 0 Å². The minimum absolute atomic E-state index is 0.0517. The molecule has 0 amide bonds. The second-order valence-electron chi connectivity index (χ2n) is 7.17. The van der Waals surface area contributed by atoms with E-state index in [-0.39, 0.29) is 37.6 Å². The van der Waals surface area contributed by atoms with Crippen molar-refractivity contribution < 1.29 is 33.5 Å². The zero-order valence-electron chi connectivity index (χ0n) is 14.4. The Hall–Kier alpha value is -2.48. The topological polar surface area (TPSA) is 75.6 Å². The largest absolute Gasteiger partial charge is 0.454 e. The average molecular weight is 370 g/mol. The molecule has 7 heteroatoms. The van der Waals surface area contributed by atoms with Crippen molar-refractivity contribution in [1.82, 2.24) is 0 Å². The fraction of sp³-hybridized carbons (Fsp3) is 0.400. The third kappa shape index (κ3) is 2.32. The van der Waals surface area contributed by atoms with Crippen molar-refractivity contribution in [3.63, 3.8) is 0 Å². The van der Waals surface area contributed by atoms with E-state index in [1.54, 1.807) is 0 Å². The van der Waals surface area contributed by atoms with Crippen LogP contribution in [0.5, 0.6) is 23.0 Å². The van der Waals surface area contributed by atoms with Gasteiger partial charge >= 0.3 is 0 Å². The molecule has 7 nitrogen and oxygen atoms in total. The van der Waals surface area contributed by atoms with E-state index in [4.69, 9.17) is 28.4 Å². The average Bonchev–Trinajstić information content (AvgIpc) is 3.45. The number of ether oxygens (including phenoxy) is 6. The zero-order chi connectivity index (χ0) is 18.0. The first-order chi connectivity index (χ1) is 13.3. The fourth-order valence-corrected chi connectivity index (χ4v) is 4.48. The molecule has 4 aliphatic rings. The number of rotatable bonds is 2. The smallest absolute Gasteiger partial charge is 0.231 e. The normalized spacial score (nSPS) is 32.7. The molecule has 4 aliphatic heterocycles.